The van der Waals surface area contributed by atoms with Gasteiger partial charge in [-0.2, -0.15) is 0 Å². The molecular weight excluding hydrogens is 476 g/mol. The average Bonchev–Trinajstić information content (AvgIpc) is 2.76. The van der Waals surface area contributed by atoms with E-state index in [0.717, 1.165) is 0 Å². The molecule has 36 heavy (non-hydrogen) atoms. The van der Waals surface area contributed by atoms with Crippen molar-refractivity contribution in [2.24, 2.45) is 11.8 Å². The first-order chi connectivity index (χ1) is 16.5. The van der Waals surface area contributed by atoms with Crippen molar-refractivity contribution in [3.63, 3.8) is 0 Å². The number of ketones is 1. The SMILES string of the molecule is COC(=O)C1CN(C(=O)OC(C)(C)C)CCC1=O.COC(=O)C1CN(C(=O)OC(C)(C)C)CCC1O. The molecule has 2 heterocycles. The van der Waals surface area contributed by atoms with Crippen LogP contribution in [0, 0.1) is 11.8 Å². The number of likely N-dealkylation sites (tertiary alicyclic amines) is 2. The molecule has 0 aliphatic carbocycles. The minimum atomic E-state index is -0.892. The number of hydrogen-bond acceptors (Lipinski definition) is 10. The first-order valence-corrected chi connectivity index (χ1v) is 11.8. The van der Waals surface area contributed by atoms with Gasteiger partial charge in [-0.05, 0) is 48.0 Å². The van der Waals surface area contributed by atoms with E-state index in [-0.39, 0.29) is 31.8 Å². The molecule has 2 saturated heterocycles. The van der Waals surface area contributed by atoms with E-state index in [1.54, 1.807) is 41.5 Å². The molecule has 0 radical (unpaired) electrons. The molecule has 2 amide bonds. The predicted octanol–water partition coefficient (Wildman–Crippen LogP) is 1.76. The number of nitrogens with zero attached hydrogens (tertiary/aromatic N) is 2. The van der Waals surface area contributed by atoms with E-state index in [1.807, 2.05) is 0 Å². The molecule has 0 aromatic heterocycles. The smallest absolute Gasteiger partial charge is 0.410 e. The second-order valence-electron chi connectivity index (χ2n) is 10.6. The summed E-state index contributed by atoms with van der Waals surface area (Å²) in [4.78, 5) is 60.9. The number of aliphatic hydroxyl groups excluding tert-OH is 1. The molecule has 0 aromatic rings. The molecule has 2 aliphatic rings. The largest absolute Gasteiger partial charge is 0.469 e. The molecule has 0 spiro atoms. The third-order valence-electron chi connectivity index (χ3n) is 5.29. The third-order valence-corrected chi connectivity index (χ3v) is 5.29. The first-order valence-electron chi connectivity index (χ1n) is 11.8. The van der Waals surface area contributed by atoms with Gasteiger partial charge in [0.25, 0.3) is 0 Å². The van der Waals surface area contributed by atoms with Gasteiger partial charge >= 0.3 is 24.1 Å². The number of hydrogen-bond donors (Lipinski definition) is 1. The van der Waals surface area contributed by atoms with Gasteiger partial charge in [0.05, 0.1) is 20.3 Å². The minimum absolute atomic E-state index is 0.0282. The highest BCUT2D eigenvalue weighted by molar-refractivity contribution is 6.00. The Labute approximate surface area is 212 Å². The summed E-state index contributed by atoms with van der Waals surface area (Å²) >= 11 is 0. The van der Waals surface area contributed by atoms with Crippen LogP contribution in [0.4, 0.5) is 9.59 Å². The van der Waals surface area contributed by atoms with Gasteiger partial charge in [-0.3, -0.25) is 14.4 Å². The Morgan fingerprint density at radius 2 is 1.28 bits per heavy atom. The Balaban J connectivity index is 0.000000360. The van der Waals surface area contributed by atoms with Gasteiger partial charge in [-0.15, -0.1) is 0 Å². The summed E-state index contributed by atoms with van der Waals surface area (Å²) in [5.41, 5.74) is -1.17. The van der Waals surface area contributed by atoms with Crippen LogP contribution in [0.25, 0.3) is 0 Å². The topological polar surface area (TPSA) is 149 Å². The van der Waals surface area contributed by atoms with Gasteiger partial charge in [-0.1, -0.05) is 0 Å². The van der Waals surface area contributed by atoms with Crippen molar-refractivity contribution in [2.75, 3.05) is 40.4 Å². The molecule has 2 aliphatic heterocycles. The van der Waals surface area contributed by atoms with Crippen LogP contribution in [0.5, 0.6) is 0 Å². The van der Waals surface area contributed by atoms with Crippen LogP contribution in [-0.4, -0.2) is 103 Å². The molecule has 12 heteroatoms. The summed E-state index contributed by atoms with van der Waals surface area (Å²) in [6.45, 7) is 11.4. The van der Waals surface area contributed by atoms with Crippen molar-refractivity contribution < 1.29 is 48.0 Å². The number of aliphatic hydroxyl groups is 1. The van der Waals surface area contributed by atoms with Crippen molar-refractivity contribution in [3.05, 3.63) is 0 Å². The molecular formula is C24H40N2O10. The highest BCUT2D eigenvalue weighted by Gasteiger charge is 2.38. The number of carbonyl (C=O) groups excluding carboxylic acids is 5. The first kappa shape index (κ1) is 31.1. The van der Waals surface area contributed by atoms with Crippen LogP contribution in [0.1, 0.15) is 54.4 Å². The maximum atomic E-state index is 11.8. The lowest BCUT2D eigenvalue weighted by molar-refractivity contribution is -0.153. The van der Waals surface area contributed by atoms with E-state index in [2.05, 4.69) is 9.47 Å². The molecule has 2 fully saturated rings. The Morgan fingerprint density at radius 3 is 1.72 bits per heavy atom. The average molecular weight is 517 g/mol. The predicted molar refractivity (Wildman–Crippen MR) is 127 cm³/mol. The van der Waals surface area contributed by atoms with Crippen LogP contribution in [-0.2, 0) is 33.3 Å². The fourth-order valence-corrected chi connectivity index (χ4v) is 3.49. The van der Waals surface area contributed by atoms with Gasteiger partial charge < -0.3 is 33.9 Å². The fraction of sp³-hybridized carbons (Fsp3) is 0.792. The van der Waals surface area contributed by atoms with Gasteiger partial charge in [0.2, 0.25) is 0 Å². The lowest BCUT2D eigenvalue weighted by Crippen LogP contribution is -2.50. The fourth-order valence-electron chi connectivity index (χ4n) is 3.49. The second-order valence-corrected chi connectivity index (χ2v) is 10.6. The summed E-state index contributed by atoms with van der Waals surface area (Å²) in [5, 5.41) is 9.72. The van der Waals surface area contributed by atoms with E-state index in [4.69, 9.17) is 9.47 Å². The molecule has 3 atom stereocenters. The number of rotatable bonds is 2. The van der Waals surface area contributed by atoms with Crippen LogP contribution >= 0.6 is 0 Å². The summed E-state index contributed by atoms with van der Waals surface area (Å²) in [6.07, 6.45) is -1.25. The molecule has 0 aromatic carbocycles. The summed E-state index contributed by atoms with van der Waals surface area (Å²) < 4.78 is 19.6. The van der Waals surface area contributed by atoms with E-state index in [0.29, 0.717) is 13.0 Å². The molecule has 1 N–H and O–H groups in total. The lowest BCUT2D eigenvalue weighted by Gasteiger charge is -2.35. The molecule has 0 bridgehead atoms. The highest BCUT2D eigenvalue weighted by Crippen LogP contribution is 2.21. The van der Waals surface area contributed by atoms with Crippen molar-refractivity contribution >= 4 is 29.9 Å². The number of esters is 2. The molecule has 3 unspecified atom stereocenters. The van der Waals surface area contributed by atoms with Crippen LogP contribution in [0.15, 0.2) is 0 Å². The maximum Gasteiger partial charge on any atom is 0.410 e. The van der Waals surface area contributed by atoms with Gasteiger partial charge in [0, 0.05) is 32.6 Å². The second kappa shape index (κ2) is 12.9. The van der Waals surface area contributed by atoms with E-state index >= 15 is 0 Å². The molecule has 12 nitrogen and oxygen atoms in total. The molecule has 206 valence electrons. The van der Waals surface area contributed by atoms with Gasteiger partial charge in [-0.25, -0.2) is 9.59 Å². The van der Waals surface area contributed by atoms with Crippen molar-refractivity contribution in [1.82, 2.24) is 9.80 Å². The number of piperidine rings is 2. The van der Waals surface area contributed by atoms with E-state index in [9.17, 15) is 29.1 Å². The minimum Gasteiger partial charge on any atom is -0.469 e. The third kappa shape index (κ3) is 10.00. The van der Waals surface area contributed by atoms with E-state index < -0.39 is 53.3 Å². The summed E-state index contributed by atoms with van der Waals surface area (Å²) in [5.74, 6) is -2.89. The summed E-state index contributed by atoms with van der Waals surface area (Å²) in [7, 11) is 2.49. The zero-order chi connectivity index (χ0) is 27.8. The van der Waals surface area contributed by atoms with Crippen molar-refractivity contribution in [1.29, 1.82) is 0 Å². The zero-order valence-electron chi connectivity index (χ0n) is 22.5. The normalized spacial score (nSPS) is 22.6. The number of methoxy groups -OCH3 is 2. The number of ether oxygens (including phenoxy) is 4. The van der Waals surface area contributed by atoms with Gasteiger partial charge in [0.15, 0.2) is 5.78 Å². The number of Topliss-reactive ketones (excluding diaryl/α,β-unsaturated/α-hetero) is 1. The summed E-state index contributed by atoms with van der Waals surface area (Å²) in [6, 6.07) is 0. The Bertz CT molecular complexity index is 807. The quantitative estimate of drug-likeness (QED) is 0.327. The molecule has 2 rings (SSSR count). The molecule has 0 saturated carbocycles. The van der Waals surface area contributed by atoms with Crippen molar-refractivity contribution in [2.45, 2.75) is 71.7 Å². The maximum absolute atomic E-state index is 11.8. The number of amides is 2. The van der Waals surface area contributed by atoms with Crippen LogP contribution < -0.4 is 0 Å². The standard InChI is InChI=1S/C12H21NO5.C12H19NO5/c2*1-12(2,3)18-11(16)13-6-5-9(14)8(7-13)10(15)17-4/h8-9,14H,5-7H2,1-4H3;8H,5-7H2,1-4H3. The zero-order valence-corrected chi connectivity index (χ0v) is 22.5. The van der Waals surface area contributed by atoms with Crippen LogP contribution in [0.2, 0.25) is 0 Å². The van der Waals surface area contributed by atoms with Gasteiger partial charge in [0.1, 0.15) is 23.0 Å². The Morgan fingerprint density at radius 1 is 0.806 bits per heavy atom. The number of carbonyl (C=O) groups is 5. The van der Waals surface area contributed by atoms with E-state index in [1.165, 1.54) is 24.0 Å². The monoisotopic (exact) mass is 516 g/mol. The Hall–Kier alpha value is -2.89. The highest BCUT2D eigenvalue weighted by atomic mass is 16.6. The lowest BCUT2D eigenvalue weighted by atomic mass is 9.95. The van der Waals surface area contributed by atoms with Crippen molar-refractivity contribution in [3.8, 4) is 0 Å². The van der Waals surface area contributed by atoms with Crippen LogP contribution in [0.3, 0.4) is 0 Å². The Kier molecular flexibility index (Phi) is 11.1.